The zero-order chi connectivity index (χ0) is 18.9. The molecule has 136 valence electrons. The third-order valence-electron chi connectivity index (χ3n) is 3.86. The van der Waals surface area contributed by atoms with Gasteiger partial charge in [-0.3, -0.25) is 0 Å². The standard InChI is InChI=1S/C18H18FN3O3S/c1-11-8-12(2)17(13(3)9-11)26(23,24)20-10-16-21-22-18(25-16)14-6-4-5-7-15(14)19/h4-9,20H,10H2,1-3H3. The lowest BCUT2D eigenvalue weighted by Gasteiger charge is -2.12. The number of benzene rings is 2. The summed E-state index contributed by atoms with van der Waals surface area (Å²) < 4.78 is 46.8. The van der Waals surface area contributed by atoms with Crippen molar-refractivity contribution in [2.75, 3.05) is 0 Å². The summed E-state index contributed by atoms with van der Waals surface area (Å²) in [6, 6.07) is 9.61. The van der Waals surface area contributed by atoms with E-state index in [9.17, 15) is 12.8 Å². The minimum Gasteiger partial charge on any atom is -0.419 e. The quantitative estimate of drug-likeness (QED) is 0.740. The molecule has 0 saturated carbocycles. The zero-order valence-corrected chi connectivity index (χ0v) is 15.4. The van der Waals surface area contributed by atoms with Gasteiger partial charge in [0, 0.05) is 0 Å². The smallest absolute Gasteiger partial charge is 0.250 e. The highest BCUT2D eigenvalue weighted by Crippen LogP contribution is 2.23. The molecule has 0 aliphatic carbocycles. The van der Waals surface area contributed by atoms with Crippen LogP contribution >= 0.6 is 0 Å². The number of hydrogen-bond donors (Lipinski definition) is 1. The lowest BCUT2D eigenvalue weighted by atomic mass is 10.1. The molecule has 2 aromatic carbocycles. The molecule has 0 bridgehead atoms. The molecule has 0 aliphatic rings. The van der Waals surface area contributed by atoms with E-state index in [1.165, 1.54) is 12.1 Å². The Balaban J connectivity index is 1.81. The molecule has 0 fully saturated rings. The summed E-state index contributed by atoms with van der Waals surface area (Å²) in [6.07, 6.45) is 0. The Morgan fingerprint density at radius 1 is 1.08 bits per heavy atom. The molecule has 0 amide bonds. The molecular formula is C18H18FN3O3S. The summed E-state index contributed by atoms with van der Waals surface area (Å²) in [5, 5.41) is 7.56. The summed E-state index contributed by atoms with van der Waals surface area (Å²) in [5.41, 5.74) is 2.48. The number of nitrogens with one attached hydrogen (secondary N) is 1. The van der Waals surface area contributed by atoms with Gasteiger partial charge in [-0.05, 0) is 44.0 Å². The molecule has 1 N–H and O–H groups in total. The van der Waals surface area contributed by atoms with Crippen LogP contribution in [0.4, 0.5) is 4.39 Å². The van der Waals surface area contributed by atoms with Crippen LogP contribution in [0.5, 0.6) is 0 Å². The van der Waals surface area contributed by atoms with Crippen LogP contribution in [0, 0.1) is 26.6 Å². The van der Waals surface area contributed by atoms with Gasteiger partial charge < -0.3 is 4.42 Å². The number of sulfonamides is 1. The maximum atomic E-state index is 13.8. The van der Waals surface area contributed by atoms with Gasteiger partial charge in [-0.1, -0.05) is 29.8 Å². The molecule has 3 aromatic rings. The van der Waals surface area contributed by atoms with Gasteiger partial charge in [-0.15, -0.1) is 10.2 Å². The fourth-order valence-electron chi connectivity index (χ4n) is 2.89. The van der Waals surface area contributed by atoms with Crippen molar-refractivity contribution < 1.29 is 17.2 Å². The summed E-state index contributed by atoms with van der Waals surface area (Å²) >= 11 is 0. The van der Waals surface area contributed by atoms with Crippen molar-refractivity contribution in [1.29, 1.82) is 0 Å². The molecule has 1 aromatic heterocycles. The van der Waals surface area contributed by atoms with Crippen LogP contribution in [-0.2, 0) is 16.6 Å². The SMILES string of the molecule is Cc1cc(C)c(S(=O)(=O)NCc2nnc(-c3ccccc3F)o2)c(C)c1. The van der Waals surface area contributed by atoms with Crippen molar-refractivity contribution >= 4 is 10.0 Å². The second kappa shape index (κ2) is 6.97. The Bertz CT molecular complexity index is 1040. The van der Waals surface area contributed by atoms with E-state index in [0.29, 0.717) is 11.1 Å². The summed E-state index contributed by atoms with van der Waals surface area (Å²) in [5.74, 6) is -0.441. The second-order valence-corrected chi connectivity index (χ2v) is 7.74. The van der Waals surface area contributed by atoms with E-state index < -0.39 is 15.8 Å². The van der Waals surface area contributed by atoms with Crippen molar-refractivity contribution in [1.82, 2.24) is 14.9 Å². The van der Waals surface area contributed by atoms with Crippen molar-refractivity contribution in [3.63, 3.8) is 0 Å². The molecule has 0 saturated heterocycles. The summed E-state index contributed by atoms with van der Waals surface area (Å²) in [6.45, 7) is 5.22. The van der Waals surface area contributed by atoms with E-state index in [2.05, 4.69) is 14.9 Å². The highest BCUT2D eigenvalue weighted by Gasteiger charge is 2.21. The number of aryl methyl sites for hydroxylation is 3. The molecule has 0 aliphatic heterocycles. The average molecular weight is 375 g/mol. The Labute approximate surface area is 151 Å². The molecule has 3 rings (SSSR count). The Kier molecular flexibility index (Phi) is 4.88. The van der Waals surface area contributed by atoms with Crippen LogP contribution in [0.15, 0.2) is 45.7 Å². The highest BCUT2D eigenvalue weighted by molar-refractivity contribution is 7.89. The van der Waals surface area contributed by atoms with Crippen LogP contribution in [0.1, 0.15) is 22.6 Å². The van der Waals surface area contributed by atoms with Crippen LogP contribution in [-0.4, -0.2) is 18.6 Å². The molecule has 0 atom stereocenters. The third kappa shape index (κ3) is 3.66. The number of nitrogens with zero attached hydrogens (tertiary/aromatic N) is 2. The minimum absolute atomic E-state index is 0.00000465. The molecule has 8 heteroatoms. The molecule has 6 nitrogen and oxygen atoms in total. The van der Waals surface area contributed by atoms with Gasteiger partial charge in [-0.2, -0.15) is 0 Å². The fourth-order valence-corrected chi connectivity index (χ4v) is 4.31. The topological polar surface area (TPSA) is 85.1 Å². The van der Waals surface area contributed by atoms with Gasteiger partial charge >= 0.3 is 0 Å². The van der Waals surface area contributed by atoms with E-state index in [4.69, 9.17) is 4.42 Å². The number of aromatic nitrogens is 2. The molecule has 0 spiro atoms. The van der Waals surface area contributed by atoms with Crippen molar-refractivity contribution in [3.8, 4) is 11.5 Å². The van der Waals surface area contributed by atoms with Crippen LogP contribution in [0.25, 0.3) is 11.5 Å². The average Bonchev–Trinajstić information content (AvgIpc) is 3.01. The van der Waals surface area contributed by atoms with Crippen LogP contribution in [0.3, 0.4) is 0 Å². The Morgan fingerprint density at radius 2 is 1.73 bits per heavy atom. The van der Waals surface area contributed by atoms with E-state index >= 15 is 0 Å². The first-order valence-electron chi connectivity index (χ1n) is 7.93. The normalized spacial score (nSPS) is 11.7. The maximum absolute atomic E-state index is 13.8. The van der Waals surface area contributed by atoms with E-state index in [0.717, 1.165) is 5.56 Å². The Hall–Kier alpha value is -2.58. The molecule has 1 heterocycles. The molecule has 26 heavy (non-hydrogen) atoms. The predicted octanol–water partition coefficient (Wildman–Crippen LogP) is 3.28. The van der Waals surface area contributed by atoms with Gasteiger partial charge in [0.25, 0.3) is 5.89 Å². The Morgan fingerprint density at radius 3 is 2.38 bits per heavy atom. The monoisotopic (exact) mass is 375 g/mol. The zero-order valence-electron chi connectivity index (χ0n) is 14.6. The van der Waals surface area contributed by atoms with Crippen LogP contribution in [0.2, 0.25) is 0 Å². The predicted molar refractivity (Wildman–Crippen MR) is 94.4 cm³/mol. The lowest BCUT2D eigenvalue weighted by molar-refractivity contribution is 0.490. The summed E-state index contributed by atoms with van der Waals surface area (Å²) in [4.78, 5) is 0.233. The van der Waals surface area contributed by atoms with Crippen LogP contribution < -0.4 is 4.72 Å². The summed E-state index contributed by atoms with van der Waals surface area (Å²) in [7, 11) is -3.75. The van der Waals surface area contributed by atoms with E-state index in [1.807, 2.05) is 19.1 Å². The van der Waals surface area contributed by atoms with Gasteiger partial charge in [0.15, 0.2) is 0 Å². The first-order chi connectivity index (χ1) is 12.3. The second-order valence-electron chi connectivity index (χ2n) is 6.03. The van der Waals surface area contributed by atoms with Gasteiger partial charge in [-0.25, -0.2) is 17.5 Å². The van der Waals surface area contributed by atoms with Gasteiger partial charge in [0.2, 0.25) is 15.9 Å². The number of rotatable bonds is 5. The number of halogens is 1. The first kappa shape index (κ1) is 18.2. The van der Waals surface area contributed by atoms with E-state index in [-0.39, 0.29) is 28.8 Å². The maximum Gasteiger partial charge on any atom is 0.250 e. The van der Waals surface area contributed by atoms with Gasteiger partial charge in [0.05, 0.1) is 17.0 Å². The molecular weight excluding hydrogens is 357 g/mol. The van der Waals surface area contributed by atoms with Crippen molar-refractivity contribution in [2.45, 2.75) is 32.2 Å². The lowest BCUT2D eigenvalue weighted by Crippen LogP contribution is -2.25. The fraction of sp³-hybridized carbons (Fsp3) is 0.222. The highest BCUT2D eigenvalue weighted by atomic mass is 32.2. The van der Waals surface area contributed by atoms with Gasteiger partial charge in [0.1, 0.15) is 5.82 Å². The molecule has 0 radical (unpaired) electrons. The number of hydrogen-bond acceptors (Lipinski definition) is 5. The largest absolute Gasteiger partial charge is 0.419 e. The molecule has 0 unspecified atom stereocenters. The first-order valence-corrected chi connectivity index (χ1v) is 9.41. The minimum atomic E-state index is -3.75. The van der Waals surface area contributed by atoms with E-state index in [1.54, 1.807) is 26.0 Å². The van der Waals surface area contributed by atoms with Crippen molar-refractivity contribution in [3.05, 3.63) is 64.8 Å². The third-order valence-corrected chi connectivity index (χ3v) is 5.56. The van der Waals surface area contributed by atoms with Crippen molar-refractivity contribution in [2.24, 2.45) is 0 Å².